The molecule has 5 nitrogen and oxygen atoms in total. The molecule has 1 fully saturated rings. The second-order valence-electron chi connectivity index (χ2n) is 7.04. The molecule has 1 saturated heterocycles. The highest BCUT2D eigenvalue weighted by Gasteiger charge is 2.30. The average molecular weight is 341 g/mol. The van der Waals surface area contributed by atoms with Crippen molar-refractivity contribution in [3.63, 3.8) is 0 Å². The van der Waals surface area contributed by atoms with Gasteiger partial charge in [-0.15, -0.1) is 0 Å². The van der Waals surface area contributed by atoms with Crippen LogP contribution >= 0.6 is 0 Å². The lowest BCUT2D eigenvalue weighted by Crippen LogP contribution is -2.40. The first-order chi connectivity index (χ1) is 12.0. The number of aromatic nitrogens is 2. The molecule has 1 N–H and O–H groups in total. The predicted molar refractivity (Wildman–Crippen MR) is 98.8 cm³/mol. The number of pyridine rings is 2. The zero-order chi connectivity index (χ0) is 18.0. The lowest BCUT2D eigenvalue weighted by molar-refractivity contribution is 0.154. The third kappa shape index (κ3) is 3.47. The maximum Gasteiger partial charge on any atom is 0.259 e. The summed E-state index contributed by atoms with van der Waals surface area (Å²) in [5.74, 6) is 0.792. The molecule has 1 aliphatic heterocycles. The molecule has 0 aliphatic carbocycles. The van der Waals surface area contributed by atoms with Crippen LogP contribution in [0.4, 0.5) is 0 Å². The number of piperidine rings is 1. The number of rotatable bonds is 4. The highest BCUT2D eigenvalue weighted by atomic mass is 16.3. The fourth-order valence-corrected chi connectivity index (χ4v) is 3.81. The third-order valence-corrected chi connectivity index (χ3v) is 5.32. The van der Waals surface area contributed by atoms with E-state index in [-0.39, 0.29) is 17.4 Å². The standard InChI is InChI=1S/C20H27N3O2/c1-4-23-15(3)13-17(24)18(20(23)25)19(16-5-9-21-10-6-16)22-11-7-14(2)8-12-22/h5-6,9-10,13-14,19,24H,4,7-8,11-12H2,1-3H3. The number of nitrogens with zero attached hydrogens (tertiary/aromatic N) is 3. The molecule has 25 heavy (non-hydrogen) atoms. The van der Waals surface area contributed by atoms with Crippen LogP contribution in [0.25, 0.3) is 0 Å². The SMILES string of the molecule is CCn1c(C)cc(O)c(C(c2ccncc2)N2CCC(C)CC2)c1=O. The van der Waals surface area contributed by atoms with E-state index in [4.69, 9.17) is 0 Å². The second-order valence-corrected chi connectivity index (χ2v) is 7.04. The van der Waals surface area contributed by atoms with Gasteiger partial charge in [-0.05, 0) is 69.5 Å². The first-order valence-electron chi connectivity index (χ1n) is 9.10. The summed E-state index contributed by atoms with van der Waals surface area (Å²) in [6.45, 7) is 8.53. The van der Waals surface area contributed by atoms with Crippen molar-refractivity contribution in [2.75, 3.05) is 13.1 Å². The van der Waals surface area contributed by atoms with Gasteiger partial charge < -0.3 is 9.67 Å². The number of likely N-dealkylation sites (tertiary alicyclic amines) is 1. The molecule has 0 saturated carbocycles. The van der Waals surface area contributed by atoms with Crippen molar-refractivity contribution in [2.45, 2.75) is 46.2 Å². The van der Waals surface area contributed by atoms with E-state index in [1.54, 1.807) is 23.0 Å². The lowest BCUT2D eigenvalue weighted by atomic mass is 9.92. The number of hydrogen-bond acceptors (Lipinski definition) is 4. The first-order valence-corrected chi connectivity index (χ1v) is 9.10. The molecule has 1 unspecified atom stereocenters. The Kier molecular flexibility index (Phi) is 5.23. The Morgan fingerprint density at radius 3 is 2.52 bits per heavy atom. The molecule has 5 heteroatoms. The van der Waals surface area contributed by atoms with Crippen LogP contribution in [0.5, 0.6) is 5.75 Å². The molecule has 2 aromatic heterocycles. The molecule has 0 aromatic carbocycles. The van der Waals surface area contributed by atoms with Crippen LogP contribution in [0, 0.1) is 12.8 Å². The van der Waals surface area contributed by atoms with Gasteiger partial charge in [-0.25, -0.2) is 0 Å². The number of hydrogen-bond donors (Lipinski definition) is 1. The van der Waals surface area contributed by atoms with E-state index in [1.807, 2.05) is 26.0 Å². The minimum absolute atomic E-state index is 0.0904. The maximum absolute atomic E-state index is 13.1. The Labute approximate surface area is 148 Å². The Morgan fingerprint density at radius 2 is 1.92 bits per heavy atom. The molecule has 0 bridgehead atoms. The summed E-state index contributed by atoms with van der Waals surface area (Å²) in [6, 6.07) is 5.36. The summed E-state index contributed by atoms with van der Waals surface area (Å²) >= 11 is 0. The van der Waals surface area contributed by atoms with Gasteiger partial charge in [-0.3, -0.25) is 14.7 Å². The molecular weight excluding hydrogens is 314 g/mol. The van der Waals surface area contributed by atoms with Gasteiger partial charge in [0.05, 0.1) is 11.6 Å². The van der Waals surface area contributed by atoms with E-state index >= 15 is 0 Å². The van der Waals surface area contributed by atoms with E-state index in [9.17, 15) is 9.90 Å². The smallest absolute Gasteiger partial charge is 0.259 e. The summed E-state index contributed by atoms with van der Waals surface area (Å²) < 4.78 is 1.73. The van der Waals surface area contributed by atoms with Crippen LogP contribution in [-0.4, -0.2) is 32.6 Å². The molecule has 3 heterocycles. The average Bonchev–Trinajstić information content (AvgIpc) is 2.60. The van der Waals surface area contributed by atoms with Crippen LogP contribution < -0.4 is 5.56 Å². The predicted octanol–water partition coefficient (Wildman–Crippen LogP) is 3.10. The van der Waals surface area contributed by atoms with Crippen molar-refractivity contribution in [3.05, 3.63) is 57.8 Å². The maximum atomic E-state index is 13.1. The van der Waals surface area contributed by atoms with Crippen LogP contribution in [0.15, 0.2) is 35.4 Å². The minimum Gasteiger partial charge on any atom is -0.507 e. The van der Waals surface area contributed by atoms with Crippen LogP contribution in [0.3, 0.4) is 0 Å². The van der Waals surface area contributed by atoms with E-state index < -0.39 is 0 Å². The van der Waals surface area contributed by atoms with Gasteiger partial charge in [-0.2, -0.15) is 0 Å². The van der Waals surface area contributed by atoms with Gasteiger partial charge >= 0.3 is 0 Å². The van der Waals surface area contributed by atoms with E-state index in [0.29, 0.717) is 18.0 Å². The van der Waals surface area contributed by atoms with Crippen LogP contribution in [0.1, 0.15) is 49.6 Å². The summed E-state index contributed by atoms with van der Waals surface area (Å²) in [6.07, 6.45) is 5.71. The van der Waals surface area contributed by atoms with E-state index in [1.165, 1.54) is 0 Å². The molecular formula is C20H27N3O2. The molecule has 0 amide bonds. The third-order valence-electron chi connectivity index (χ3n) is 5.32. The second kappa shape index (κ2) is 7.40. The number of aryl methyl sites for hydroxylation is 1. The van der Waals surface area contributed by atoms with Crippen molar-refractivity contribution in [2.24, 2.45) is 5.92 Å². The molecule has 1 atom stereocenters. The van der Waals surface area contributed by atoms with Gasteiger partial charge in [0.25, 0.3) is 5.56 Å². The normalized spacial score (nSPS) is 17.6. The Bertz CT molecular complexity index is 778. The van der Waals surface area contributed by atoms with E-state index in [0.717, 1.165) is 37.2 Å². The summed E-state index contributed by atoms with van der Waals surface area (Å²) in [4.78, 5) is 19.6. The lowest BCUT2D eigenvalue weighted by Gasteiger charge is -2.37. The highest BCUT2D eigenvalue weighted by molar-refractivity contribution is 5.40. The summed E-state index contributed by atoms with van der Waals surface area (Å²) in [5.41, 5.74) is 2.17. The van der Waals surface area contributed by atoms with Gasteiger partial charge in [0.1, 0.15) is 5.75 Å². The minimum atomic E-state index is -0.235. The molecule has 1 aliphatic rings. The van der Waals surface area contributed by atoms with Crippen molar-refractivity contribution in [1.82, 2.24) is 14.5 Å². The van der Waals surface area contributed by atoms with E-state index in [2.05, 4.69) is 16.8 Å². The number of aromatic hydroxyl groups is 1. The summed E-state index contributed by atoms with van der Waals surface area (Å²) in [5, 5.41) is 10.7. The molecule has 134 valence electrons. The van der Waals surface area contributed by atoms with Crippen molar-refractivity contribution in [1.29, 1.82) is 0 Å². The largest absolute Gasteiger partial charge is 0.507 e. The van der Waals surface area contributed by atoms with Gasteiger partial charge in [-0.1, -0.05) is 6.92 Å². The van der Waals surface area contributed by atoms with Crippen molar-refractivity contribution in [3.8, 4) is 5.75 Å². The van der Waals surface area contributed by atoms with Gasteiger partial charge in [0.15, 0.2) is 0 Å². The van der Waals surface area contributed by atoms with Crippen LogP contribution in [0.2, 0.25) is 0 Å². The van der Waals surface area contributed by atoms with Gasteiger partial charge in [0.2, 0.25) is 0 Å². The molecule has 2 aromatic rings. The Morgan fingerprint density at radius 1 is 1.28 bits per heavy atom. The zero-order valence-corrected chi connectivity index (χ0v) is 15.3. The molecule has 0 spiro atoms. The van der Waals surface area contributed by atoms with Crippen molar-refractivity contribution >= 4 is 0 Å². The fraction of sp³-hybridized carbons (Fsp3) is 0.500. The monoisotopic (exact) mass is 341 g/mol. The fourth-order valence-electron chi connectivity index (χ4n) is 3.81. The zero-order valence-electron chi connectivity index (χ0n) is 15.3. The molecule has 0 radical (unpaired) electrons. The Balaban J connectivity index is 2.14. The summed E-state index contributed by atoms with van der Waals surface area (Å²) in [7, 11) is 0. The van der Waals surface area contributed by atoms with Crippen LogP contribution in [-0.2, 0) is 6.54 Å². The van der Waals surface area contributed by atoms with Gasteiger partial charge in [0, 0.05) is 24.6 Å². The quantitative estimate of drug-likeness (QED) is 0.928. The first kappa shape index (κ1) is 17.7. The van der Waals surface area contributed by atoms with Crippen molar-refractivity contribution < 1.29 is 5.11 Å². The molecule has 3 rings (SSSR count). The topological polar surface area (TPSA) is 58.4 Å². The Hall–Kier alpha value is -2.14. The highest BCUT2D eigenvalue weighted by Crippen LogP contribution is 2.34.